The normalized spacial score (nSPS) is 12.9. The molecule has 0 aliphatic rings. The molecule has 1 N–H and O–H groups in total. The van der Waals surface area contributed by atoms with Gasteiger partial charge in [0.15, 0.2) is 49.9 Å². The van der Waals surface area contributed by atoms with Crippen LogP contribution in [0.15, 0.2) is 0 Å². The lowest BCUT2D eigenvalue weighted by Crippen LogP contribution is -2.52. The minimum atomic E-state index is -2.18. The highest BCUT2D eigenvalue weighted by molar-refractivity contribution is 6.89. The van der Waals surface area contributed by atoms with E-state index < -0.39 is 75.6 Å². The van der Waals surface area contributed by atoms with Crippen LogP contribution < -0.4 is 0 Å². The van der Waals surface area contributed by atoms with Gasteiger partial charge in [-0.1, -0.05) is 0 Å². The van der Waals surface area contributed by atoms with Gasteiger partial charge in [-0.25, -0.2) is 0 Å². The summed E-state index contributed by atoms with van der Waals surface area (Å²) in [5.74, 6) is 0. The topological polar surface area (TPSA) is 297 Å². The Morgan fingerprint density at radius 1 is 0.147 bits per heavy atom. The van der Waals surface area contributed by atoms with Crippen molar-refractivity contribution in [1.29, 1.82) is 0 Å². The minimum absolute atomic E-state index is 0.0299. The Kier molecular flexibility index (Phi) is 83.6. The summed E-state index contributed by atoms with van der Waals surface area (Å²) >= 11 is 0. The van der Waals surface area contributed by atoms with Gasteiger partial charge in [0.2, 0.25) is 0 Å². The fourth-order valence-electron chi connectivity index (χ4n) is 10.6. The summed E-state index contributed by atoms with van der Waals surface area (Å²) in [6.07, 6.45) is 2.84. The van der Waals surface area contributed by atoms with Gasteiger partial charge in [0.25, 0.3) is 0 Å². The van der Waals surface area contributed by atoms with Crippen LogP contribution in [0, 0.1) is 0 Å². The molecule has 0 radical (unpaired) electrons. The molecule has 0 saturated heterocycles. The van der Waals surface area contributed by atoms with Gasteiger partial charge in [0, 0.05) is 34.0 Å². The number of ether oxygens (including phenoxy) is 24. The van der Waals surface area contributed by atoms with E-state index in [1.54, 1.807) is 14.2 Å². The maximum Gasteiger partial charge on any atom is 0.314 e. The molecule has 702 valence electrons. The highest BCUT2D eigenvalue weighted by Crippen LogP contribution is 2.28. The van der Waals surface area contributed by atoms with Crippen LogP contribution in [0.4, 0.5) is 0 Å². The summed E-state index contributed by atoms with van der Waals surface area (Å²) in [4.78, 5) is 0. The van der Waals surface area contributed by atoms with Crippen molar-refractivity contribution in [2.24, 2.45) is 0 Å². The van der Waals surface area contributed by atoms with Crippen molar-refractivity contribution in [3.8, 4) is 0 Å². The summed E-state index contributed by atoms with van der Waals surface area (Å²) < 4.78 is 169. The molecular weight excluding hydrogens is 1660 g/mol. The standard InChI is InChI=1S/C27H62O11Si3.C26H60O11Si3.C23H54O9Si3/c1-28-11-12-30-15-16-32-19-20-34-23-24-36-26-25-35-22-21-33-18-17-31-14-13-29-10-9-27-41(8,37-39(2,3)4)38-40(5,6)7;1-38(2,3)36-40(7,37-39(4,5)6)26-8-10-28-12-14-30-16-18-32-20-22-34-24-25-35-23-21-33-19-17-31-15-13-29-11-9-27;1-24-11-12-26-15-16-28-19-20-30-22-21-29-18-17-27-14-13-25-10-9-23-35(8,31-33(2,3)4)32-34(5,6)7/h9-27H2,1-8H3;27H,8-26H2,1-7H3;9-23H2,1-8H3. The molecule has 0 rings (SSSR count). The first-order chi connectivity index (χ1) is 54.9. The van der Waals surface area contributed by atoms with Crippen molar-refractivity contribution >= 4 is 75.6 Å². The van der Waals surface area contributed by atoms with Gasteiger partial charge in [-0.15, -0.1) is 0 Å². The van der Waals surface area contributed by atoms with E-state index in [2.05, 4.69) is 137 Å². The molecule has 0 heterocycles. The quantitative estimate of drug-likeness (QED) is 0.0437. The molecule has 0 unspecified atom stereocenters. The number of aliphatic hydroxyl groups excluding tert-OH is 1. The average molecular weight is 1840 g/mol. The van der Waals surface area contributed by atoms with Crippen LogP contribution in [0.1, 0.15) is 19.3 Å². The van der Waals surface area contributed by atoms with E-state index in [1.807, 2.05) is 0 Å². The fourth-order valence-corrected chi connectivity index (χ4v) is 48.1. The Morgan fingerprint density at radius 3 is 0.353 bits per heavy atom. The van der Waals surface area contributed by atoms with E-state index in [-0.39, 0.29) is 6.61 Å². The van der Waals surface area contributed by atoms with E-state index in [4.69, 9.17) is 143 Å². The van der Waals surface area contributed by atoms with Gasteiger partial charge < -0.3 is 143 Å². The second kappa shape index (κ2) is 80.3. The molecule has 0 bridgehead atoms. The predicted molar refractivity (Wildman–Crippen MR) is 479 cm³/mol. The smallest absolute Gasteiger partial charge is 0.314 e. The second-order valence-corrected chi connectivity index (χ2v) is 71.7. The third-order valence-electron chi connectivity index (χ3n) is 14.1. The zero-order valence-corrected chi connectivity index (χ0v) is 86.7. The third-order valence-corrected chi connectivity index (χ3v) is 42.9. The Morgan fingerprint density at radius 2 is 0.250 bits per heavy atom. The highest BCUT2D eigenvalue weighted by Gasteiger charge is 2.42. The van der Waals surface area contributed by atoms with Crippen LogP contribution in [0.25, 0.3) is 0 Å². The van der Waals surface area contributed by atoms with Crippen LogP contribution in [0.5, 0.6) is 0 Å². The van der Waals surface area contributed by atoms with Gasteiger partial charge in [-0.3, -0.25) is 0 Å². The molecule has 0 amide bonds. The van der Waals surface area contributed by atoms with Crippen LogP contribution in [-0.4, -0.2) is 405 Å². The van der Waals surface area contributed by atoms with Gasteiger partial charge in [0.05, 0.1) is 291 Å². The summed E-state index contributed by atoms with van der Waals surface area (Å²) in [6.45, 7) is 72.1. The number of methoxy groups -OCH3 is 2. The Balaban J connectivity index is -0.00000166. The van der Waals surface area contributed by atoms with Gasteiger partial charge in [0.1, 0.15) is 0 Å². The molecule has 0 saturated carbocycles. The van der Waals surface area contributed by atoms with Gasteiger partial charge in [-0.2, -0.15) is 0 Å². The minimum Gasteiger partial charge on any atom is -0.437 e. The van der Waals surface area contributed by atoms with E-state index in [0.29, 0.717) is 304 Å². The molecule has 116 heavy (non-hydrogen) atoms. The molecule has 31 nitrogen and oxygen atoms in total. The Labute approximate surface area is 714 Å². The lowest BCUT2D eigenvalue weighted by molar-refractivity contribution is -0.0242. The lowest BCUT2D eigenvalue weighted by atomic mass is 10.5. The van der Waals surface area contributed by atoms with E-state index in [0.717, 1.165) is 37.4 Å². The first-order valence-corrected chi connectivity index (χ1v) is 70.4. The molecular formula is C76H176O31Si9. The molecule has 0 aromatic rings. The Bertz CT molecular complexity index is 1970. The van der Waals surface area contributed by atoms with E-state index in [1.165, 1.54) is 0 Å². The van der Waals surface area contributed by atoms with Crippen LogP contribution in [-0.2, 0) is 138 Å². The maximum atomic E-state index is 8.58. The summed E-state index contributed by atoms with van der Waals surface area (Å²) in [5, 5.41) is 8.58. The molecule has 0 atom stereocenters. The molecule has 0 spiro atoms. The molecule has 0 aliphatic heterocycles. The first-order valence-electron chi connectivity index (χ1n) is 42.4. The summed E-state index contributed by atoms with van der Waals surface area (Å²) in [5.41, 5.74) is 0. The van der Waals surface area contributed by atoms with Crippen LogP contribution >= 0.6 is 0 Å². The Hall–Kier alpha value is 0.712. The average Bonchev–Trinajstić information content (AvgIpc) is 0.853. The van der Waals surface area contributed by atoms with Crippen molar-refractivity contribution in [2.45, 2.75) is 175 Å². The molecule has 40 heteroatoms. The molecule has 0 aromatic heterocycles. The third kappa shape index (κ3) is 104. The predicted octanol–water partition coefficient (Wildman–Crippen LogP) is 11.1. The largest absolute Gasteiger partial charge is 0.437 e. The number of hydrogen-bond acceptors (Lipinski definition) is 31. The number of hydrogen-bond donors (Lipinski definition) is 1. The monoisotopic (exact) mass is 1840 g/mol. The molecule has 0 aromatic carbocycles. The van der Waals surface area contributed by atoms with Crippen molar-refractivity contribution < 1.29 is 143 Å². The zero-order valence-electron chi connectivity index (χ0n) is 77.7. The van der Waals surface area contributed by atoms with Gasteiger partial charge in [-0.05, 0) is 175 Å². The number of rotatable bonds is 89. The number of aliphatic hydroxyl groups is 1. The first kappa shape index (κ1) is 121. The highest BCUT2D eigenvalue weighted by atomic mass is 28.5. The fraction of sp³-hybridized carbons (Fsp3) is 1.00. The van der Waals surface area contributed by atoms with Crippen molar-refractivity contribution in [2.75, 3.05) is 325 Å². The van der Waals surface area contributed by atoms with E-state index >= 15 is 0 Å². The van der Waals surface area contributed by atoms with Crippen molar-refractivity contribution in [3.05, 3.63) is 0 Å². The van der Waals surface area contributed by atoms with Crippen molar-refractivity contribution in [1.82, 2.24) is 0 Å². The van der Waals surface area contributed by atoms with Crippen LogP contribution in [0.2, 0.25) is 156 Å². The lowest BCUT2D eigenvalue weighted by Gasteiger charge is -2.38. The molecule has 0 fully saturated rings. The maximum absolute atomic E-state index is 8.58. The summed E-state index contributed by atoms with van der Waals surface area (Å²) in [6, 6.07) is 2.88. The second-order valence-electron chi connectivity index (χ2n) is 33.2. The summed E-state index contributed by atoms with van der Waals surface area (Å²) in [7, 11) is -13.1. The van der Waals surface area contributed by atoms with Gasteiger partial charge >= 0.3 is 25.7 Å². The zero-order chi connectivity index (χ0) is 87.2. The van der Waals surface area contributed by atoms with Crippen molar-refractivity contribution in [3.63, 3.8) is 0 Å². The molecule has 0 aliphatic carbocycles. The van der Waals surface area contributed by atoms with E-state index in [9.17, 15) is 0 Å². The SMILES string of the molecule is COCCOCCOCCOCCOCCOCCOCCC[Si](C)(O[Si](C)(C)C)O[Si](C)(C)C.COCCOCCOCCOCCOCCOCCOCCOCCOCCC[Si](C)(O[Si](C)(C)C)O[Si](C)(C)C.C[Si](C)(C)O[Si](C)(CCCOCCOCCOCCOCCOCCOCCOCCOCCO)O[Si](C)(C)C. The van der Waals surface area contributed by atoms with Crippen LogP contribution in [0.3, 0.4) is 0 Å².